The molecule has 2 aliphatic rings. The predicted octanol–water partition coefficient (Wildman–Crippen LogP) is 5.55. The Hall–Kier alpha value is -1.03. The van der Waals surface area contributed by atoms with Crippen LogP contribution in [-0.2, 0) is 13.5 Å². The van der Waals surface area contributed by atoms with Crippen molar-refractivity contribution in [3.05, 3.63) is 56.5 Å². The molecule has 0 radical (unpaired) electrons. The molecule has 4 heterocycles. The minimum absolute atomic E-state index is 0. The molecule has 0 saturated carbocycles. The van der Waals surface area contributed by atoms with E-state index in [9.17, 15) is 0 Å². The maximum Gasteiger partial charge on any atom is 0.0397 e. The Morgan fingerprint density at radius 1 is 0.750 bits per heavy atom. The maximum atomic E-state index is 5.32. The van der Waals surface area contributed by atoms with E-state index in [1.807, 2.05) is 36.3 Å². The Labute approximate surface area is 183 Å². The van der Waals surface area contributed by atoms with Gasteiger partial charge < -0.3 is 17.2 Å². The fourth-order valence-electron chi connectivity index (χ4n) is 3.06. The molecule has 2 aromatic rings. The van der Waals surface area contributed by atoms with Gasteiger partial charge in [-0.2, -0.15) is 0 Å². The maximum absolute atomic E-state index is 5.32. The molecule has 4 rings (SSSR count). The largest absolute Gasteiger partial charge is 0.371 e. The van der Waals surface area contributed by atoms with Crippen LogP contribution in [0.1, 0.15) is 32.6 Å². The number of pyridine rings is 2. The second kappa shape index (κ2) is 14.9. The topological polar surface area (TPSA) is 32.3 Å². The van der Waals surface area contributed by atoms with Gasteiger partial charge in [-0.25, -0.2) is 0 Å². The molecule has 0 N–H and O–H groups in total. The molecular formula is C21H31Cl2N4Ru-. The second-order valence-electron chi connectivity index (χ2n) is 6.21. The fraction of sp³-hybridized carbons (Fsp3) is 0.429. The van der Waals surface area contributed by atoms with Crippen LogP contribution in [0.4, 0.5) is 11.4 Å². The van der Waals surface area contributed by atoms with Crippen molar-refractivity contribution in [2.45, 2.75) is 32.6 Å². The van der Waals surface area contributed by atoms with Crippen LogP contribution in [0.3, 0.4) is 0 Å². The summed E-state index contributed by atoms with van der Waals surface area (Å²) in [4.78, 5) is 12.8. The first-order valence-electron chi connectivity index (χ1n) is 9.28. The van der Waals surface area contributed by atoms with Crippen LogP contribution in [-0.4, -0.2) is 40.8 Å². The molecule has 0 spiro atoms. The van der Waals surface area contributed by atoms with Gasteiger partial charge in [-0.1, -0.05) is 0 Å². The van der Waals surface area contributed by atoms with Crippen molar-refractivity contribution in [2.24, 2.45) is 0 Å². The smallest absolute Gasteiger partial charge is 0.0397 e. The van der Waals surface area contributed by atoms with E-state index in [2.05, 4.69) is 44.0 Å². The fourth-order valence-corrected chi connectivity index (χ4v) is 3.06. The predicted molar refractivity (Wildman–Crippen MR) is 121 cm³/mol. The van der Waals surface area contributed by atoms with Gasteiger partial charge in [0, 0.05) is 62.3 Å². The standard InChI is InChI=1S/2C9H12N2.C2H4.CH3.2ClH.Ru/c2*1-2-8-11(7-1)9-3-5-10-6-4-9;1-2;;;;/h2*3-6H,1-2,7-8H2;1H,2H3;1H3;2*1H;/q;;;-1;;;+2/p-2. The molecule has 7 heteroatoms. The van der Waals surface area contributed by atoms with Gasteiger partial charge in [0.25, 0.3) is 0 Å². The molecule has 2 fully saturated rings. The van der Waals surface area contributed by atoms with E-state index in [-0.39, 0.29) is 7.43 Å². The van der Waals surface area contributed by atoms with Gasteiger partial charge in [-0.3, -0.25) is 9.97 Å². The monoisotopic (exact) mass is 511 g/mol. The van der Waals surface area contributed by atoms with E-state index in [1.54, 1.807) is 0 Å². The van der Waals surface area contributed by atoms with E-state index in [1.165, 1.54) is 63.2 Å². The van der Waals surface area contributed by atoms with Crippen molar-refractivity contribution in [3.8, 4) is 0 Å². The van der Waals surface area contributed by atoms with Crippen LogP contribution in [0.2, 0.25) is 0 Å². The zero-order chi connectivity index (χ0) is 19.3. The van der Waals surface area contributed by atoms with Gasteiger partial charge in [-0.05, 0) is 49.9 Å². The Balaban J connectivity index is 0.000000222. The summed E-state index contributed by atoms with van der Waals surface area (Å²) in [5.74, 6) is 0. The van der Waals surface area contributed by atoms with Crippen molar-refractivity contribution >= 4 is 35.4 Å². The van der Waals surface area contributed by atoms with Gasteiger partial charge >= 0.3 is 44.4 Å². The van der Waals surface area contributed by atoms with Crippen LogP contribution in [0.5, 0.6) is 0 Å². The molecule has 0 atom stereocenters. The first kappa shape index (κ1) is 25.0. The minimum atomic E-state index is -1.36. The summed E-state index contributed by atoms with van der Waals surface area (Å²) < 4.78 is 1.84. The Morgan fingerprint density at radius 3 is 1.29 bits per heavy atom. The zero-order valence-electron chi connectivity index (χ0n) is 16.8. The molecule has 0 unspecified atom stereocenters. The zero-order valence-corrected chi connectivity index (χ0v) is 20.0. The first-order valence-corrected chi connectivity index (χ1v) is 14.8. The van der Waals surface area contributed by atoms with Gasteiger partial charge in [0.05, 0.1) is 0 Å². The van der Waals surface area contributed by atoms with Crippen molar-refractivity contribution in [2.75, 3.05) is 36.0 Å². The first-order chi connectivity index (χ1) is 13.2. The van der Waals surface area contributed by atoms with Gasteiger partial charge in [-0.15, -0.1) is 0 Å². The second-order valence-corrected chi connectivity index (χ2v) is 12.4. The quantitative estimate of drug-likeness (QED) is 0.391. The molecule has 0 aromatic carbocycles. The molecule has 0 amide bonds. The van der Waals surface area contributed by atoms with Crippen LogP contribution in [0.15, 0.2) is 49.1 Å². The SMILES string of the molecule is C[CH]=[Ru]([Cl])[Cl].[CH3-].c1cc(N2CCCC2)ccn1.c1cc(N2CCCC2)ccn1. The van der Waals surface area contributed by atoms with Crippen molar-refractivity contribution in [1.29, 1.82) is 0 Å². The van der Waals surface area contributed by atoms with Crippen LogP contribution in [0.25, 0.3) is 0 Å². The molecule has 0 aliphatic carbocycles. The van der Waals surface area contributed by atoms with Gasteiger partial charge in [0.2, 0.25) is 0 Å². The molecule has 0 bridgehead atoms. The van der Waals surface area contributed by atoms with E-state index in [0.717, 1.165) is 0 Å². The van der Waals surface area contributed by atoms with Crippen molar-refractivity contribution in [1.82, 2.24) is 9.97 Å². The summed E-state index contributed by atoms with van der Waals surface area (Å²) in [6.45, 7) is 6.72. The van der Waals surface area contributed by atoms with E-state index in [4.69, 9.17) is 19.4 Å². The van der Waals surface area contributed by atoms with E-state index >= 15 is 0 Å². The van der Waals surface area contributed by atoms with Crippen LogP contribution < -0.4 is 9.80 Å². The molecular weight excluding hydrogens is 480 g/mol. The summed E-state index contributed by atoms with van der Waals surface area (Å²) in [6, 6.07) is 8.30. The third kappa shape index (κ3) is 9.45. The van der Waals surface area contributed by atoms with Crippen LogP contribution >= 0.6 is 19.4 Å². The Bertz CT molecular complexity index is 603. The Kier molecular flexibility index (Phi) is 13.3. The average molecular weight is 511 g/mol. The summed E-state index contributed by atoms with van der Waals surface area (Å²) in [5.41, 5.74) is 2.63. The van der Waals surface area contributed by atoms with Crippen LogP contribution in [0, 0.1) is 7.43 Å². The third-order valence-corrected chi connectivity index (χ3v) is 7.01. The summed E-state index contributed by atoms with van der Waals surface area (Å²) in [7, 11) is 10.6. The molecule has 2 aliphatic heterocycles. The molecule has 158 valence electrons. The summed E-state index contributed by atoms with van der Waals surface area (Å²) >= 11 is -1.36. The average Bonchev–Trinajstić information content (AvgIpc) is 3.44. The molecule has 28 heavy (non-hydrogen) atoms. The summed E-state index contributed by atoms with van der Waals surface area (Å²) in [5, 5.41) is 0. The number of aromatic nitrogens is 2. The normalized spacial score (nSPS) is 15.5. The van der Waals surface area contributed by atoms with Crippen molar-refractivity contribution in [3.63, 3.8) is 0 Å². The van der Waals surface area contributed by atoms with Gasteiger partial charge in [0.1, 0.15) is 0 Å². The number of anilines is 2. The minimum Gasteiger partial charge on any atom is -0.371 e. The number of rotatable bonds is 2. The molecule has 2 saturated heterocycles. The molecule has 4 nitrogen and oxygen atoms in total. The molecule has 2 aromatic heterocycles. The van der Waals surface area contributed by atoms with Gasteiger partial charge in [0.15, 0.2) is 0 Å². The number of nitrogens with zero attached hydrogens (tertiary/aromatic N) is 4. The number of hydrogen-bond acceptors (Lipinski definition) is 4. The number of halogens is 2. The van der Waals surface area contributed by atoms with E-state index in [0.29, 0.717) is 0 Å². The number of hydrogen-bond donors (Lipinski definition) is 0. The van der Waals surface area contributed by atoms with Crippen molar-refractivity contribution < 1.29 is 13.5 Å². The third-order valence-electron chi connectivity index (χ3n) is 4.42. The van der Waals surface area contributed by atoms with E-state index < -0.39 is 13.5 Å². The Morgan fingerprint density at radius 2 is 1.04 bits per heavy atom. The summed E-state index contributed by atoms with van der Waals surface area (Å²) in [6.07, 6.45) is 12.8.